The average molecular weight is 193 g/mol. The Morgan fingerprint density at radius 3 is 3.00 bits per heavy atom. The molecule has 0 spiro atoms. The number of hydrogen-bond acceptors (Lipinski definition) is 4. The minimum Gasteiger partial charge on any atom is -0.382 e. The first kappa shape index (κ1) is 8.44. The Morgan fingerprint density at radius 2 is 2.23 bits per heavy atom. The van der Waals surface area contributed by atoms with Gasteiger partial charge in [0.2, 0.25) is 0 Å². The van der Waals surface area contributed by atoms with Crippen molar-refractivity contribution in [2.24, 2.45) is 0 Å². The van der Waals surface area contributed by atoms with E-state index in [0.29, 0.717) is 6.04 Å². The molecule has 0 aliphatic heterocycles. The first-order chi connectivity index (χ1) is 6.25. The largest absolute Gasteiger partial charge is 0.382 e. The number of hydrogen-bond donors (Lipinski definition) is 1. The van der Waals surface area contributed by atoms with Gasteiger partial charge < -0.3 is 5.32 Å². The summed E-state index contributed by atoms with van der Waals surface area (Å²) >= 11 is 1.56. The molecule has 0 atom stereocenters. The summed E-state index contributed by atoms with van der Waals surface area (Å²) < 4.78 is 0. The molecule has 0 bridgehead atoms. The molecular weight excluding hydrogens is 182 g/mol. The van der Waals surface area contributed by atoms with Crippen molar-refractivity contribution < 1.29 is 0 Å². The molecule has 1 N–H and O–H groups in total. The van der Waals surface area contributed by atoms with Crippen molar-refractivity contribution in [1.82, 2.24) is 9.97 Å². The van der Waals surface area contributed by atoms with Crippen LogP contribution in [-0.4, -0.2) is 16.0 Å². The number of rotatable bonds is 2. The van der Waals surface area contributed by atoms with Gasteiger partial charge in [0.1, 0.15) is 10.3 Å². The van der Waals surface area contributed by atoms with Gasteiger partial charge in [-0.1, -0.05) is 0 Å². The monoisotopic (exact) mass is 193 g/mol. The van der Waals surface area contributed by atoms with Crippen LogP contribution in [0.25, 0.3) is 10.3 Å². The fourth-order valence-electron chi connectivity index (χ4n) is 1.17. The molecule has 2 aromatic heterocycles. The van der Waals surface area contributed by atoms with Crippen LogP contribution in [0, 0.1) is 0 Å². The predicted molar refractivity (Wildman–Crippen MR) is 56.2 cm³/mol. The average Bonchev–Trinajstić information content (AvgIpc) is 2.49. The molecule has 0 aromatic carbocycles. The number of anilines is 1. The lowest BCUT2D eigenvalue weighted by molar-refractivity contribution is 0.898. The molecule has 0 fully saturated rings. The molecule has 0 radical (unpaired) electrons. The topological polar surface area (TPSA) is 37.8 Å². The molecule has 0 saturated carbocycles. The number of pyridine rings is 1. The number of nitrogens with zero attached hydrogens (tertiary/aromatic N) is 2. The van der Waals surface area contributed by atoms with Gasteiger partial charge in [0.25, 0.3) is 0 Å². The zero-order valence-electron chi connectivity index (χ0n) is 7.61. The van der Waals surface area contributed by atoms with Crippen molar-refractivity contribution in [2.45, 2.75) is 19.9 Å². The van der Waals surface area contributed by atoms with E-state index >= 15 is 0 Å². The standard InChI is InChI=1S/C9H11N3S/c1-6(2)12-7-3-8-9(10-4-7)13-5-11-8/h3-6,12H,1-2H3. The van der Waals surface area contributed by atoms with Gasteiger partial charge in [0, 0.05) is 6.04 Å². The SMILES string of the molecule is CC(C)Nc1cnc2scnc2c1. The molecule has 0 aliphatic rings. The fourth-order valence-corrected chi connectivity index (χ4v) is 1.78. The van der Waals surface area contributed by atoms with Gasteiger partial charge in [0.05, 0.1) is 17.4 Å². The number of thiazole rings is 1. The van der Waals surface area contributed by atoms with Gasteiger partial charge in [0.15, 0.2) is 0 Å². The van der Waals surface area contributed by atoms with Gasteiger partial charge in [-0.3, -0.25) is 0 Å². The van der Waals surface area contributed by atoms with E-state index in [9.17, 15) is 0 Å². The zero-order chi connectivity index (χ0) is 9.26. The van der Waals surface area contributed by atoms with E-state index < -0.39 is 0 Å². The molecule has 4 heteroatoms. The summed E-state index contributed by atoms with van der Waals surface area (Å²) in [7, 11) is 0. The zero-order valence-corrected chi connectivity index (χ0v) is 8.43. The maximum Gasteiger partial charge on any atom is 0.143 e. The van der Waals surface area contributed by atoms with Crippen LogP contribution in [0.1, 0.15) is 13.8 Å². The van der Waals surface area contributed by atoms with Crippen LogP contribution in [0.3, 0.4) is 0 Å². The van der Waals surface area contributed by atoms with Crippen LogP contribution < -0.4 is 5.32 Å². The molecular formula is C9H11N3S. The summed E-state index contributed by atoms with van der Waals surface area (Å²) in [6.07, 6.45) is 1.85. The van der Waals surface area contributed by atoms with Crippen molar-refractivity contribution in [3.63, 3.8) is 0 Å². The lowest BCUT2D eigenvalue weighted by Crippen LogP contribution is -2.09. The van der Waals surface area contributed by atoms with Crippen LogP contribution in [0.4, 0.5) is 5.69 Å². The molecule has 0 aliphatic carbocycles. The van der Waals surface area contributed by atoms with Crippen LogP contribution in [0.15, 0.2) is 17.8 Å². The van der Waals surface area contributed by atoms with E-state index in [1.807, 2.05) is 17.8 Å². The van der Waals surface area contributed by atoms with Gasteiger partial charge >= 0.3 is 0 Å². The van der Waals surface area contributed by atoms with Crippen molar-refractivity contribution in [3.05, 3.63) is 17.8 Å². The molecule has 13 heavy (non-hydrogen) atoms. The van der Waals surface area contributed by atoms with E-state index in [1.54, 1.807) is 11.3 Å². The molecule has 0 unspecified atom stereocenters. The second-order valence-corrected chi connectivity index (χ2v) is 4.03. The molecule has 2 heterocycles. The number of fused-ring (bicyclic) bond motifs is 1. The Hall–Kier alpha value is -1.16. The minimum atomic E-state index is 0.429. The Morgan fingerprint density at radius 1 is 1.38 bits per heavy atom. The summed E-state index contributed by atoms with van der Waals surface area (Å²) in [6.45, 7) is 4.20. The highest BCUT2D eigenvalue weighted by Gasteiger charge is 2.00. The van der Waals surface area contributed by atoms with Gasteiger partial charge in [-0.2, -0.15) is 0 Å². The molecule has 0 saturated heterocycles. The first-order valence-electron chi connectivity index (χ1n) is 4.21. The van der Waals surface area contributed by atoms with Crippen molar-refractivity contribution >= 4 is 27.4 Å². The Balaban J connectivity index is 2.37. The van der Waals surface area contributed by atoms with Crippen molar-refractivity contribution in [3.8, 4) is 0 Å². The smallest absolute Gasteiger partial charge is 0.143 e. The highest BCUT2D eigenvalue weighted by Crippen LogP contribution is 2.18. The lowest BCUT2D eigenvalue weighted by atomic mass is 10.3. The highest BCUT2D eigenvalue weighted by atomic mass is 32.1. The van der Waals surface area contributed by atoms with Gasteiger partial charge in [-0.25, -0.2) is 9.97 Å². The van der Waals surface area contributed by atoms with E-state index in [2.05, 4.69) is 29.1 Å². The quantitative estimate of drug-likeness (QED) is 0.796. The fraction of sp³-hybridized carbons (Fsp3) is 0.333. The molecule has 2 rings (SSSR count). The predicted octanol–water partition coefficient (Wildman–Crippen LogP) is 2.51. The highest BCUT2D eigenvalue weighted by molar-refractivity contribution is 7.16. The van der Waals surface area contributed by atoms with Crippen LogP contribution >= 0.6 is 11.3 Å². The molecule has 3 nitrogen and oxygen atoms in total. The maximum absolute atomic E-state index is 4.29. The normalized spacial score (nSPS) is 11.0. The van der Waals surface area contributed by atoms with Crippen molar-refractivity contribution in [1.29, 1.82) is 0 Å². The third kappa shape index (κ3) is 1.78. The molecule has 0 amide bonds. The number of nitrogens with one attached hydrogen (secondary N) is 1. The second-order valence-electron chi connectivity index (χ2n) is 3.20. The van der Waals surface area contributed by atoms with Crippen molar-refractivity contribution in [2.75, 3.05) is 5.32 Å². The van der Waals surface area contributed by atoms with Gasteiger partial charge in [-0.05, 0) is 19.9 Å². The first-order valence-corrected chi connectivity index (χ1v) is 5.09. The molecule has 2 aromatic rings. The summed E-state index contributed by atoms with van der Waals surface area (Å²) in [6, 6.07) is 2.46. The lowest BCUT2D eigenvalue weighted by Gasteiger charge is -2.08. The van der Waals surface area contributed by atoms with E-state index in [0.717, 1.165) is 16.0 Å². The van der Waals surface area contributed by atoms with Gasteiger partial charge in [-0.15, -0.1) is 11.3 Å². The van der Waals surface area contributed by atoms with E-state index in [4.69, 9.17) is 0 Å². The van der Waals surface area contributed by atoms with Crippen LogP contribution in [0.5, 0.6) is 0 Å². The Labute approximate surface area is 80.8 Å². The second kappa shape index (κ2) is 3.30. The van der Waals surface area contributed by atoms with Crippen LogP contribution in [0.2, 0.25) is 0 Å². The van der Waals surface area contributed by atoms with Crippen LogP contribution in [-0.2, 0) is 0 Å². The Bertz CT molecular complexity index is 408. The maximum atomic E-state index is 4.29. The minimum absolute atomic E-state index is 0.429. The summed E-state index contributed by atoms with van der Waals surface area (Å²) in [5, 5.41) is 3.29. The third-order valence-corrected chi connectivity index (χ3v) is 2.39. The Kier molecular flexibility index (Phi) is 2.14. The molecule has 68 valence electrons. The number of aromatic nitrogens is 2. The van der Waals surface area contributed by atoms with E-state index in [-0.39, 0.29) is 0 Å². The summed E-state index contributed by atoms with van der Waals surface area (Å²) in [5.41, 5.74) is 3.82. The van der Waals surface area contributed by atoms with E-state index in [1.165, 1.54) is 0 Å². The summed E-state index contributed by atoms with van der Waals surface area (Å²) in [5.74, 6) is 0. The third-order valence-electron chi connectivity index (χ3n) is 1.64. The summed E-state index contributed by atoms with van der Waals surface area (Å²) in [4.78, 5) is 9.49.